The van der Waals surface area contributed by atoms with E-state index in [1.807, 2.05) is 30.3 Å². The van der Waals surface area contributed by atoms with Crippen molar-refractivity contribution >= 4 is 34.5 Å². The van der Waals surface area contributed by atoms with E-state index in [-0.39, 0.29) is 30.1 Å². The Labute approximate surface area is 182 Å². The number of hydrogen-bond donors (Lipinski definition) is 2. The van der Waals surface area contributed by atoms with Gasteiger partial charge in [0.1, 0.15) is 11.5 Å². The Hall–Kier alpha value is -3.71. The quantitative estimate of drug-likeness (QED) is 0.473. The molecule has 0 bridgehead atoms. The third kappa shape index (κ3) is 5.07. The van der Waals surface area contributed by atoms with Crippen LogP contribution in [0.5, 0.6) is 0 Å². The molecule has 2 aromatic heterocycles. The molecule has 2 heterocycles. The summed E-state index contributed by atoms with van der Waals surface area (Å²) < 4.78 is 15.5. The zero-order valence-corrected chi connectivity index (χ0v) is 17.1. The minimum atomic E-state index is -0.536. The molecule has 156 valence electrons. The van der Waals surface area contributed by atoms with E-state index in [0.717, 1.165) is 5.56 Å². The Balaban J connectivity index is 1.46. The number of carbonyl (C=O) groups excluding carboxylic acids is 1. The van der Waals surface area contributed by atoms with Crippen molar-refractivity contribution in [2.45, 2.75) is 13.0 Å². The number of hydrogen-bond acceptors (Lipinski definition) is 4. The molecule has 0 atom stereocenters. The van der Waals surface area contributed by atoms with Crippen LogP contribution in [0.15, 0.2) is 77.7 Å². The van der Waals surface area contributed by atoms with Gasteiger partial charge in [0.2, 0.25) is 5.91 Å². The number of benzene rings is 2. The van der Waals surface area contributed by atoms with Gasteiger partial charge in [0.25, 0.3) is 5.56 Å². The molecule has 0 spiro atoms. The Morgan fingerprint density at radius 2 is 1.87 bits per heavy atom. The SMILES string of the molecule is O=C(Cc1ccccc1)Nc1cc(NCc2cc(=O)n3cc(Cl)ccc3n2)ccc1F. The molecule has 0 aliphatic rings. The highest BCUT2D eigenvalue weighted by atomic mass is 35.5. The first kappa shape index (κ1) is 20.6. The van der Waals surface area contributed by atoms with E-state index in [0.29, 0.717) is 22.1 Å². The Bertz CT molecular complexity index is 1310. The molecule has 0 aliphatic carbocycles. The monoisotopic (exact) mass is 436 g/mol. The van der Waals surface area contributed by atoms with Crippen LogP contribution in [0.1, 0.15) is 11.3 Å². The van der Waals surface area contributed by atoms with Gasteiger partial charge < -0.3 is 10.6 Å². The van der Waals surface area contributed by atoms with Gasteiger partial charge in [-0.05, 0) is 35.9 Å². The first-order valence-corrected chi connectivity index (χ1v) is 9.91. The number of halogens is 2. The number of pyridine rings is 1. The lowest BCUT2D eigenvalue weighted by atomic mass is 10.1. The van der Waals surface area contributed by atoms with E-state index in [2.05, 4.69) is 15.6 Å². The number of rotatable bonds is 6. The van der Waals surface area contributed by atoms with Crippen LogP contribution >= 0.6 is 11.6 Å². The van der Waals surface area contributed by atoms with E-state index < -0.39 is 5.82 Å². The molecule has 2 aromatic carbocycles. The Morgan fingerprint density at radius 3 is 2.68 bits per heavy atom. The van der Waals surface area contributed by atoms with Crippen molar-refractivity contribution in [2.24, 2.45) is 0 Å². The van der Waals surface area contributed by atoms with Crippen molar-refractivity contribution in [1.82, 2.24) is 9.38 Å². The number of anilines is 2. The van der Waals surface area contributed by atoms with Gasteiger partial charge in [-0.25, -0.2) is 9.37 Å². The van der Waals surface area contributed by atoms with Crippen LogP contribution in [0.4, 0.5) is 15.8 Å². The zero-order valence-electron chi connectivity index (χ0n) is 16.3. The average Bonchev–Trinajstić information content (AvgIpc) is 2.75. The van der Waals surface area contributed by atoms with Gasteiger partial charge in [-0.3, -0.25) is 14.0 Å². The zero-order chi connectivity index (χ0) is 21.8. The summed E-state index contributed by atoms with van der Waals surface area (Å²) in [5, 5.41) is 6.14. The van der Waals surface area contributed by atoms with Gasteiger partial charge in [0, 0.05) is 18.0 Å². The molecule has 0 radical (unpaired) electrons. The minimum absolute atomic E-state index is 0.0760. The molecule has 31 heavy (non-hydrogen) atoms. The van der Waals surface area contributed by atoms with Crippen molar-refractivity contribution in [3.63, 3.8) is 0 Å². The molecular formula is C23H18ClFN4O2. The number of fused-ring (bicyclic) bond motifs is 1. The van der Waals surface area contributed by atoms with E-state index in [9.17, 15) is 14.0 Å². The minimum Gasteiger partial charge on any atom is -0.379 e. The van der Waals surface area contributed by atoms with Crippen LogP contribution in [0.3, 0.4) is 0 Å². The van der Waals surface area contributed by atoms with Gasteiger partial charge in [0.15, 0.2) is 0 Å². The third-order valence-corrected chi connectivity index (χ3v) is 4.82. The van der Waals surface area contributed by atoms with Crippen LogP contribution in [0.25, 0.3) is 5.65 Å². The molecule has 4 aromatic rings. The molecule has 0 saturated heterocycles. The highest BCUT2D eigenvalue weighted by molar-refractivity contribution is 6.30. The fourth-order valence-corrected chi connectivity index (χ4v) is 3.28. The summed E-state index contributed by atoms with van der Waals surface area (Å²) in [5.41, 5.74) is 2.23. The largest absolute Gasteiger partial charge is 0.379 e. The Morgan fingerprint density at radius 1 is 1.06 bits per heavy atom. The number of carbonyl (C=O) groups is 1. The predicted molar refractivity (Wildman–Crippen MR) is 119 cm³/mol. The van der Waals surface area contributed by atoms with Crippen LogP contribution in [0, 0.1) is 5.82 Å². The lowest BCUT2D eigenvalue weighted by Gasteiger charge is -2.11. The van der Waals surface area contributed by atoms with E-state index >= 15 is 0 Å². The Kier molecular flexibility index (Phi) is 5.95. The summed E-state index contributed by atoms with van der Waals surface area (Å²) in [4.78, 5) is 29.0. The first-order valence-electron chi connectivity index (χ1n) is 9.53. The van der Waals surface area contributed by atoms with Crippen LogP contribution in [0.2, 0.25) is 5.02 Å². The lowest BCUT2D eigenvalue weighted by Crippen LogP contribution is -2.17. The fraction of sp³-hybridized carbons (Fsp3) is 0.0870. The van der Waals surface area contributed by atoms with Crippen LogP contribution in [-0.2, 0) is 17.8 Å². The van der Waals surface area contributed by atoms with Gasteiger partial charge in [-0.15, -0.1) is 0 Å². The fourth-order valence-electron chi connectivity index (χ4n) is 3.12. The van der Waals surface area contributed by atoms with Crippen molar-refractivity contribution in [1.29, 1.82) is 0 Å². The smallest absolute Gasteiger partial charge is 0.258 e. The highest BCUT2D eigenvalue weighted by Crippen LogP contribution is 2.20. The van der Waals surface area contributed by atoms with Gasteiger partial charge in [-0.1, -0.05) is 41.9 Å². The topological polar surface area (TPSA) is 75.5 Å². The van der Waals surface area contributed by atoms with Crippen molar-refractivity contribution in [2.75, 3.05) is 10.6 Å². The highest BCUT2D eigenvalue weighted by Gasteiger charge is 2.10. The number of nitrogens with zero attached hydrogens (tertiary/aromatic N) is 2. The predicted octanol–water partition coefficient (Wildman–Crippen LogP) is 4.28. The third-order valence-electron chi connectivity index (χ3n) is 4.60. The van der Waals surface area contributed by atoms with Gasteiger partial charge in [0.05, 0.1) is 29.4 Å². The normalized spacial score (nSPS) is 10.8. The first-order chi connectivity index (χ1) is 15.0. The molecule has 6 nitrogen and oxygen atoms in total. The van der Waals surface area contributed by atoms with E-state index in [1.54, 1.807) is 18.2 Å². The summed E-state index contributed by atoms with van der Waals surface area (Å²) in [6, 6.07) is 18.3. The molecule has 4 rings (SSSR count). The molecule has 2 N–H and O–H groups in total. The second-order valence-corrected chi connectivity index (χ2v) is 7.36. The summed E-state index contributed by atoms with van der Waals surface area (Å²) >= 11 is 5.92. The van der Waals surface area contributed by atoms with Crippen molar-refractivity contribution in [3.05, 3.63) is 105 Å². The van der Waals surface area contributed by atoms with Crippen molar-refractivity contribution < 1.29 is 9.18 Å². The molecule has 1 amide bonds. The van der Waals surface area contributed by atoms with Crippen molar-refractivity contribution in [3.8, 4) is 0 Å². The average molecular weight is 437 g/mol. The van der Waals surface area contributed by atoms with Gasteiger partial charge >= 0.3 is 0 Å². The number of amides is 1. The van der Waals surface area contributed by atoms with Gasteiger partial charge in [-0.2, -0.15) is 0 Å². The van der Waals surface area contributed by atoms with E-state index in [1.165, 1.54) is 28.8 Å². The second-order valence-electron chi connectivity index (χ2n) is 6.92. The van der Waals surface area contributed by atoms with E-state index in [4.69, 9.17) is 11.6 Å². The lowest BCUT2D eigenvalue weighted by molar-refractivity contribution is -0.115. The number of nitrogens with one attached hydrogen (secondary N) is 2. The summed E-state index contributed by atoms with van der Waals surface area (Å²) in [5.74, 6) is -0.851. The van der Waals surface area contributed by atoms with Crippen LogP contribution < -0.4 is 16.2 Å². The standard InChI is InChI=1S/C23H18ClFN4O2/c24-16-6-9-21-27-18(12-23(31)29(21)14-16)13-26-17-7-8-19(25)20(11-17)28-22(30)10-15-4-2-1-3-5-15/h1-9,11-12,14,26H,10,13H2,(H,28,30). The maximum atomic E-state index is 14.2. The summed E-state index contributed by atoms with van der Waals surface area (Å²) in [7, 11) is 0. The molecule has 0 saturated carbocycles. The second kappa shape index (κ2) is 8.97. The molecule has 0 fully saturated rings. The van der Waals surface area contributed by atoms with Crippen LogP contribution in [-0.4, -0.2) is 15.3 Å². The maximum absolute atomic E-state index is 14.2. The summed E-state index contributed by atoms with van der Waals surface area (Å²) in [6.07, 6.45) is 1.65. The number of aromatic nitrogens is 2. The summed E-state index contributed by atoms with van der Waals surface area (Å²) in [6.45, 7) is 0.247. The molecule has 0 unspecified atom stereocenters. The molecule has 8 heteroatoms. The maximum Gasteiger partial charge on any atom is 0.258 e. The molecular weight excluding hydrogens is 419 g/mol. The molecule has 0 aliphatic heterocycles.